The van der Waals surface area contributed by atoms with Gasteiger partial charge in [0.2, 0.25) is 5.91 Å². The lowest BCUT2D eigenvalue weighted by Crippen LogP contribution is -2.21. The van der Waals surface area contributed by atoms with E-state index in [1.165, 1.54) is 5.56 Å². The number of carbonyl (C=O) groups is 1. The Morgan fingerprint density at radius 1 is 1.00 bits per heavy atom. The smallest absolute Gasteiger partial charge is 0.243 e. The summed E-state index contributed by atoms with van der Waals surface area (Å²) in [6.45, 7) is 2.29. The number of carbonyl (C=O) groups excluding carboxylic acids is 1. The molecule has 0 saturated carbocycles. The molecule has 0 radical (unpaired) electrons. The zero-order chi connectivity index (χ0) is 13.7. The predicted octanol–water partition coefficient (Wildman–Crippen LogP) is 3.65. The van der Waals surface area contributed by atoms with Crippen molar-refractivity contribution < 1.29 is 4.79 Å². The van der Waals surface area contributed by atoms with E-state index in [4.69, 9.17) is 0 Å². The Kier molecular flexibility index (Phi) is 4.79. The second-order valence-electron chi connectivity index (χ2n) is 4.27. The third kappa shape index (κ3) is 4.55. The fourth-order valence-corrected chi connectivity index (χ4v) is 1.95. The highest BCUT2D eigenvalue weighted by Crippen LogP contribution is 2.11. The van der Waals surface area contributed by atoms with Crippen LogP contribution in [-0.2, 0) is 4.79 Å². The van der Waals surface area contributed by atoms with Crippen molar-refractivity contribution in [3.63, 3.8) is 0 Å². The highest BCUT2D eigenvalue weighted by molar-refractivity contribution is 14.1. The number of anilines is 2. The molecule has 3 nitrogen and oxygen atoms in total. The average molecular weight is 366 g/mol. The maximum Gasteiger partial charge on any atom is 0.243 e. The molecule has 0 atom stereocenters. The topological polar surface area (TPSA) is 41.1 Å². The van der Waals surface area contributed by atoms with Crippen molar-refractivity contribution in [2.45, 2.75) is 6.92 Å². The molecule has 98 valence electrons. The second kappa shape index (κ2) is 6.56. The number of benzene rings is 2. The molecule has 2 N–H and O–H groups in total. The van der Waals surface area contributed by atoms with Gasteiger partial charge >= 0.3 is 0 Å². The fourth-order valence-electron chi connectivity index (χ4n) is 1.59. The summed E-state index contributed by atoms with van der Waals surface area (Å²) in [5, 5.41) is 5.94. The molecule has 0 unspecified atom stereocenters. The van der Waals surface area contributed by atoms with Gasteiger partial charge in [0.05, 0.1) is 6.54 Å². The van der Waals surface area contributed by atoms with Crippen LogP contribution in [0.2, 0.25) is 0 Å². The van der Waals surface area contributed by atoms with Crippen molar-refractivity contribution in [1.82, 2.24) is 0 Å². The second-order valence-corrected chi connectivity index (χ2v) is 5.52. The fraction of sp³-hybridized carbons (Fsp3) is 0.133. The summed E-state index contributed by atoms with van der Waals surface area (Å²) >= 11 is 2.23. The SMILES string of the molecule is Cc1ccc(NCC(=O)Nc2ccc(I)cc2)cc1. The van der Waals surface area contributed by atoms with E-state index in [2.05, 4.69) is 33.2 Å². The van der Waals surface area contributed by atoms with Crippen LogP contribution in [0.4, 0.5) is 11.4 Å². The van der Waals surface area contributed by atoms with Gasteiger partial charge in [0.25, 0.3) is 0 Å². The summed E-state index contributed by atoms with van der Waals surface area (Å²) < 4.78 is 1.15. The monoisotopic (exact) mass is 366 g/mol. The molecule has 0 aliphatic carbocycles. The highest BCUT2D eigenvalue weighted by Gasteiger charge is 2.02. The van der Waals surface area contributed by atoms with E-state index < -0.39 is 0 Å². The minimum absolute atomic E-state index is 0.0539. The van der Waals surface area contributed by atoms with Gasteiger partial charge in [-0.2, -0.15) is 0 Å². The van der Waals surface area contributed by atoms with E-state index in [9.17, 15) is 4.79 Å². The van der Waals surface area contributed by atoms with Crippen LogP contribution in [0.3, 0.4) is 0 Å². The quantitative estimate of drug-likeness (QED) is 0.812. The normalized spacial score (nSPS) is 10.0. The Labute approximate surface area is 126 Å². The third-order valence-electron chi connectivity index (χ3n) is 2.63. The van der Waals surface area contributed by atoms with Crippen molar-refractivity contribution in [3.05, 3.63) is 57.7 Å². The highest BCUT2D eigenvalue weighted by atomic mass is 127. The van der Waals surface area contributed by atoms with Crippen LogP contribution in [0.5, 0.6) is 0 Å². The van der Waals surface area contributed by atoms with Crippen LogP contribution in [0.15, 0.2) is 48.5 Å². The summed E-state index contributed by atoms with van der Waals surface area (Å²) in [5.74, 6) is -0.0539. The Hall–Kier alpha value is -1.56. The zero-order valence-electron chi connectivity index (χ0n) is 10.6. The van der Waals surface area contributed by atoms with Gasteiger partial charge in [0.1, 0.15) is 0 Å². The maximum atomic E-state index is 11.8. The van der Waals surface area contributed by atoms with E-state index in [1.54, 1.807) is 0 Å². The van der Waals surface area contributed by atoms with E-state index in [1.807, 2.05) is 55.5 Å². The van der Waals surface area contributed by atoms with E-state index in [0.717, 1.165) is 14.9 Å². The molecule has 0 fully saturated rings. The Morgan fingerprint density at radius 2 is 1.58 bits per heavy atom. The predicted molar refractivity (Wildman–Crippen MR) is 87.5 cm³/mol. The first-order valence-electron chi connectivity index (χ1n) is 5.99. The summed E-state index contributed by atoms with van der Waals surface area (Å²) in [6.07, 6.45) is 0. The first-order chi connectivity index (χ1) is 9.13. The van der Waals surface area contributed by atoms with Gasteiger partial charge < -0.3 is 10.6 Å². The van der Waals surface area contributed by atoms with Crippen LogP contribution < -0.4 is 10.6 Å². The third-order valence-corrected chi connectivity index (χ3v) is 3.35. The number of hydrogen-bond donors (Lipinski definition) is 2. The van der Waals surface area contributed by atoms with Crippen molar-refractivity contribution in [2.24, 2.45) is 0 Å². The number of hydrogen-bond acceptors (Lipinski definition) is 2. The van der Waals surface area contributed by atoms with Crippen LogP contribution in [-0.4, -0.2) is 12.5 Å². The first-order valence-corrected chi connectivity index (χ1v) is 7.07. The molecule has 0 bridgehead atoms. The molecule has 1 amide bonds. The zero-order valence-corrected chi connectivity index (χ0v) is 12.8. The summed E-state index contributed by atoms with van der Waals surface area (Å²) in [4.78, 5) is 11.8. The van der Waals surface area contributed by atoms with Gasteiger partial charge in [-0.05, 0) is 65.9 Å². The van der Waals surface area contributed by atoms with E-state index in [0.29, 0.717) is 0 Å². The molecule has 2 aromatic rings. The standard InChI is InChI=1S/C15H15IN2O/c1-11-2-6-13(7-3-11)17-10-15(19)18-14-8-4-12(16)5-9-14/h2-9,17H,10H2,1H3,(H,18,19). The Bertz CT molecular complexity index is 549. The number of halogens is 1. The molecular weight excluding hydrogens is 351 g/mol. The minimum Gasteiger partial charge on any atom is -0.376 e. The van der Waals surface area contributed by atoms with Gasteiger partial charge in [-0.3, -0.25) is 4.79 Å². The minimum atomic E-state index is -0.0539. The van der Waals surface area contributed by atoms with E-state index in [-0.39, 0.29) is 12.5 Å². The summed E-state index contributed by atoms with van der Waals surface area (Å²) in [5.41, 5.74) is 2.97. The number of rotatable bonds is 4. The molecule has 0 saturated heterocycles. The number of nitrogens with one attached hydrogen (secondary N) is 2. The Morgan fingerprint density at radius 3 is 2.21 bits per heavy atom. The van der Waals surface area contributed by atoms with Gasteiger partial charge in [-0.1, -0.05) is 17.7 Å². The van der Waals surface area contributed by atoms with Gasteiger partial charge in [0, 0.05) is 14.9 Å². The lowest BCUT2D eigenvalue weighted by atomic mass is 10.2. The van der Waals surface area contributed by atoms with Gasteiger partial charge in [-0.25, -0.2) is 0 Å². The van der Waals surface area contributed by atoms with Crippen molar-refractivity contribution >= 4 is 39.9 Å². The van der Waals surface area contributed by atoms with Gasteiger partial charge in [0.15, 0.2) is 0 Å². The molecule has 0 heterocycles. The molecular formula is C15H15IN2O. The molecule has 19 heavy (non-hydrogen) atoms. The lowest BCUT2D eigenvalue weighted by molar-refractivity contribution is -0.114. The van der Waals surface area contributed by atoms with Gasteiger partial charge in [-0.15, -0.1) is 0 Å². The molecule has 0 aliphatic rings. The van der Waals surface area contributed by atoms with Crippen molar-refractivity contribution in [2.75, 3.05) is 17.2 Å². The molecule has 2 rings (SSSR count). The number of aryl methyl sites for hydroxylation is 1. The Balaban J connectivity index is 1.84. The average Bonchev–Trinajstić information content (AvgIpc) is 2.41. The van der Waals surface area contributed by atoms with Crippen LogP contribution in [0, 0.1) is 10.5 Å². The van der Waals surface area contributed by atoms with E-state index >= 15 is 0 Å². The molecule has 0 aliphatic heterocycles. The summed E-state index contributed by atoms with van der Waals surface area (Å²) in [6, 6.07) is 15.7. The molecule has 0 spiro atoms. The first kappa shape index (κ1) is 13.9. The van der Waals surface area contributed by atoms with Crippen LogP contribution in [0.1, 0.15) is 5.56 Å². The summed E-state index contributed by atoms with van der Waals surface area (Å²) in [7, 11) is 0. The van der Waals surface area contributed by atoms with Crippen LogP contribution in [0.25, 0.3) is 0 Å². The molecule has 0 aromatic heterocycles. The number of amides is 1. The lowest BCUT2D eigenvalue weighted by Gasteiger charge is -2.08. The van der Waals surface area contributed by atoms with Crippen molar-refractivity contribution in [3.8, 4) is 0 Å². The largest absolute Gasteiger partial charge is 0.376 e. The maximum absolute atomic E-state index is 11.8. The molecule has 4 heteroatoms. The van der Waals surface area contributed by atoms with Crippen LogP contribution >= 0.6 is 22.6 Å². The van der Waals surface area contributed by atoms with Crippen molar-refractivity contribution in [1.29, 1.82) is 0 Å². The molecule has 2 aromatic carbocycles.